The Morgan fingerprint density at radius 1 is 1.05 bits per heavy atom. The van der Waals surface area contributed by atoms with Crippen LogP contribution in [0.5, 0.6) is 0 Å². The van der Waals surface area contributed by atoms with Crippen molar-refractivity contribution in [2.24, 2.45) is 17.8 Å². The zero-order valence-electron chi connectivity index (χ0n) is 22.0. The van der Waals surface area contributed by atoms with Crippen LogP contribution < -0.4 is 16.0 Å². The summed E-state index contributed by atoms with van der Waals surface area (Å²) in [5.74, 6) is -4.50. The van der Waals surface area contributed by atoms with Crippen molar-refractivity contribution in [3.63, 3.8) is 0 Å². The van der Waals surface area contributed by atoms with Crippen LogP contribution in [0.2, 0.25) is 0 Å². The fraction of sp³-hybridized carbons (Fsp3) is 0.481. The van der Waals surface area contributed by atoms with Gasteiger partial charge in [-0.05, 0) is 49.8 Å². The molecule has 0 aliphatic carbocycles. The fourth-order valence-electron chi connectivity index (χ4n) is 4.27. The molecule has 1 aromatic carbocycles. The van der Waals surface area contributed by atoms with Crippen molar-refractivity contribution in [3.05, 3.63) is 42.2 Å². The van der Waals surface area contributed by atoms with Gasteiger partial charge in [0.05, 0.1) is 24.4 Å². The summed E-state index contributed by atoms with van der Waals surface area (Å²) in [6, 6.07) is 5.60. The maximum atomic E-state index is 13.2. The molecule has 1 unspecified atom stereocenters. The summed E-state index contributed by atoms with van der Waals surface area (Å²) in [4.78, 5) is 67.2. The Morgan fingerprint density at radius 2 is 1.76 bits per heavy atom. The molecule has 0 saturated carbocycles. The zero-order valence-corrected chi connectivity index (χ0v) is 22.0. The molecular weight excluding hydrogens is 476 g/mol. The molecule has 10 heteroatoms. The molecule has 10 nitrogen and oxygen atoms in total. The van der Waals surface area contributed by atoms with E-state index in [1.807, 2.05) is 18.2 Å². The molecule has 2 heterocycles. The van der Waals surface area contributed by atoms with E-state index in [0.29, 0.717) is 5.56 Å². The lowest BCUT2D eigenvalue weighted by Crippen LogP contribution is -2.49. The van der Waals surface area contributed by atoms with Gasteiger partial charge in [0.15, 0.2) is 5.78 Å². The zero-order chi connectivity index (χ0) is 27.5. The van der Waals surface area contributed by atoms with Gasteiger partial charge in [-0.15, -0.1) is 0 Å². The number of imide groups is 1. The molecule has 198 valence electrons. The number of rotatable bonds is 8. The monoisotopic (exact) mass is 510 g/mol. The van der Waals surface area contributed by atoms with Crippen molar-refractivity contribution in [2.45, 2.75) is 65.6 Å². The van der Waals surface area contributed by atoms with Crippen molar-refractivity contribution >= 4 is 40.4 Å². The maximum absolute atomic E-state index is 13.2. The number of carbonyl (C=O) groups is 5. The first-order valence-electron chi connectivity index (χ1n) is 12.3. The summed E-state index contributed by atoms with van der Waals surface area (Å²) >= 11 is 0. The second kappa shape index (κ2) is 11.1. The van der Waals surface area contributed by atoms with Gasteiger partial charge >= 0.3 is 6.09 Å². The Bertz CT molecular complexity index is 1220. The summed E-state index contributed by atoms with van der Waals surface area (Å²) in [6.45, 7) is 10.2. The number of fused-ring (bicyclic) bond motifs is 1. The van der Waals surface area contributed by atoms with Crippen LogP contribution in [0.25, 0.3) is 10.8 Å². The molecule has 0 bridgehead atoms. The molecule has 2 aromatic rings. The van der Waals surface area contributed by atoms with E-state index >= 15 is 0 Å². The number of pyridine rings is 1. The van der Waals surface area contributed by atoms with Crippen molar-refractivity contribution in [2.75, 3.05) is 0 Å². The quantitative estimate of drug-likeness (QED) is 0.366. The van der Waals surface area contributed by atoms with E-state index in [2.05, 4.69) is 20.9 Å². The Hall–Kier alpha value is -3.82. The minimum atomic E-state index is -1.16. The molecule has 4 atom stereocenters. The second-order valence-electron chi connectivity index (χ2n) is 10.7. The van der Waals surface area contributed by atoms with Gasteiger partial charge in [0, 0.05) is 17.8 Å². The molecule has 0 radical (unpaired) electrons. The average Bonchev–Trinajstić information content (AvgIpc) is 3.05. The highest BCUT2D eigenvalue weighted by Crippen LogP contribution is 2.25. The first-order valence-corrected chi connectivity index (χ1v) is 12.3. The van der Waals surface area contributed by atoms with Gasteiger partial charge in [0.25, 0.3) is 0 Å². The van der Waals surface area contributed by atoms with Gasteiger partial charge in [-0.1, -0.05) is 32.9 Å². The Morgan fingerprint density at radius 3 is 2.35 bits per heavy atom. The van der Waals surface area contributed by atoms with Crippen molar-refractivity contribution in [1.29, 1.82) is 0 Å². The molecule has 3 N–H and O–H groups in total. The number of carbonyl (C=O) groups excluding carboxylic acids is 5. The summed E-state index contributed by atoms with van der Waals surface area (Å²) in [5, 5.41) is 9.43. The standard InChI is InChI=1S/C27H34N4O6/c1-14(2)22(23(33)21-15(3)24(34)31-25(21)35)30-20(32)12-19(29-26(36)37-27(4,5)6)17-8-7-16-9-10-28-13-18(16)11-17/h7-11,13-15,19,21-22H,12H2,1-6H3,(H,29,36)(H,30,32)(H,31,34,35)/t15-,19?,21+,22-/m0/s1. The van der Waals surface area contributed by atoms with Gasteiger partial charge in [-0.3, -0.25) is 29.5 Å². The molecule has 1 aliphatic rings. The van der Waals surface area contributed by atoms with E-state index in [1.54, 1.807) is 53.1 Å². The largest absolute Gasteiger partial charge is 0.444 e. The molecule has 37 heavy (non-hydrogen) atoms. The van der Waals surface area contributed by atoms with Crippen LogP contribution in [-0.4, -0.2) is 46.2 Å². The van der Waals surface area contributed by atoms with Gasteiger partial charge in [0.1, 0.15) is 11.5 Å². The van der Waals surface area contributed by atoms with E-state index in [1.165, 1.54) is 6.92 Å². The number of ketones is 1. The lowest BCUT2D eigenvalue weighted by atomic mass is 9.85. The lowest BCUT2D eigenvalue weighted by molar-refractivity contribution is -0.137. The lowest BCUT2D eigenvalue weighted by Gasteiger charge is -2.27. The third-order valence-corrected chi connectivity index (χ3v) is 6.19. The molecule has 1 fully saturated rings. The third kappa shape index (κ3) is 6.90. The average molecular weight is 511 g/mol. The second-order valence-corrected chi connectivity index (χ2v) is 10.7. The van der Waals surface area contributed by atoms with Crippen LogP contribution in [0.15, 0.2) is 36.7 Å². The first-order chi connectivity index (χ1) is 17.3. The number of hydrogen-bond acceptors (Lipinski definition) is 7. The van der Waals surface area contributed by atoms with E-state index in [0.717, 1.165) is 10.8 Å². The highest BCUT2D eigenvalue weighted by atomic mass is 16.6. The summed E-state index contributed by atoms with van der Waals surface area (Å²) < 4.78 is 5.39. The van der Waals surface area contributed by atoms with Gasteiger partial charge in [0.2, 0.25) is 17.7 Å². The Balaban J connectivity index is 1.83. The number of alkyl carbamates (subject to hydrolysis) is 1. The number of benzene rings is 1. The molecule has 1 aromatic heterocycles. The van der Waals surface area contributed by atoms with Crippen LogP contribution in [0.4, 0.5) is 4.79 Å². The highest BCUT2D eigenvalue weighted by Gasteiger charge is 2.46. The van der Waals surface area contributed by atoms with E-state index < -0.39 is 59.1 Å². The van der Waals surface area contributed by atoms with Gasteiger partial charge in [-0.25, -0.2) is 4.79 Å². The van der Waals surface area contributed by atoms with Crippen LogP contribution in [-0.2, 0) is 23.9 Å². The van der Waals surface area contributed by atoms with Crippen LogP contribution in [0.1, 0.15) is 59.6 Å². The van der Waals surface area contributed by atoms with E-state index in [9.17, 15) is 24.0 Å². The Kier molecular flexibility index (Phi) is 8.30. The van der Waals surface area contributed by atoms with Crippen molar-refractivity contribution in [1.82, 2.24) is 20.9 Å². The number of hydrogen-bond donors (Lipinski definition) is 3. The number of Topliss-reactive ketones (excluding diaryl/α,β-unsaturated/α-hetero) is 1. The summed E-state index contributed by atoms with van der Waals surface area (Å²) in [6.07, 6.45) is 2.48. The molecule has 3 rings (SSSR count). The topological polar surface area (TPSA) is 144 Å². The van der Waals surface area contributed by atoms with Crippen LogP contribution in [0, 0.1) is 17.8 Å². The van der Waals surface area contributed by atoms with E-state index in [4.69, 9.17) is 4.74 Å². The van der Waals surface area contributed by atoms with Gasteiger partial charge < -0.3 is 15.4 Å². The summed E-state index contributed by atoms with van der Waals surface area (Å²) in [7, 11) is 0. The van der Waals surface area contributed by atoms with Gasteiger partial charge in [-0.2, -0.15) is 0 Å². The molecule has 4 amide bonds. The van der Waals surface area contributed by atoms with Crippen LogP contribution in [0.3, 0.4) is 0 Å². The predicted molar refractivity (Wildman–Crippen MR) is 136 cm³/mol. The molecular formula is C27H34N4O6. The molecule has 1 aliphatic heterocycles. The SMILES string of the molecule is CC(C)[C@H](NC(=O)CC(NC(=O)OC(C)(C)C)c1ccc2ccncc2c1)C(=O)[C@@H]1C(=O)NC(=O)[C@H]1C. The van der Waals surface area contributed by atoms with Crippen LogP contribution >= 0.6 is 0 Å². The van der Waals surface area contributed by atoms with Crippen molar-refractivity contribution < 1.29 is 28.7 Å². The third-order valence-electron chi connectivity index (χ3n) is 6.19. The highest BCUT2D eigenvalue weighted by molar-refractivity contribution is 6.16. The normalized spacial score (nSPS) is 19.3. The summed E-state index contributed by atoms with van der Waals surface area (Å²) in [5.41, 5.74) is -0.0849. The number of amides is 4. The number of nitrogens with one attached hydrogen (secondary N) is 3. The maximum Gasteiger partial charge on any atom is 0.408 e. The van der Waals surface area contributed by atoms with E-state index in [-0.39, 0.29) is 12.3 Å². The molecule has 0 spiro atoms. The predicted octanol–water partition coefficient (Wildman–Crippen LogP) is 2.81. The fourth-order valence-corrected chi connectivity index (χ4v) is 4.27. The number of nitrogens with zero attached hydrogens (tertiary/aromatic N) is 1. The minimum Gasteiger partial charge on any atom is -0.444 e. The Labute approximate surface area is 215 Å². The molecule has 1 saturated heterocycles. The minimum absolute atomic E-state index is 0.188. The number of ether oxygens (including phenoxy) is 1. The number of aromatic nitrogens is 1. The first kappa shape index (κ1) is 27.8. The van der Waals surface area contributed by atoms with Crippen molar-refractivity contribution in [3.8, 4) is 0 Å². The smallest absolute Gasteiger partial charge is 0.408 e.